The van der Waals surface area contributed by atoms with Crippen molar-refractivity contribution in [1.29, 1.82) is 0 Å². The van der Waals surface area contributed by atoms with Crippen LogP contribution in [0.25, 0.3) is 33.0 Å². The average Bonchev–Trinajstić information content (AvgIpc) is 3.20. The van der Waals surface area contributed by atoms with E-state index in [4.69, 9.17) is 17.0 Å². The summed E-state index contributed by atoms with van der Waals surface area (Å²) in [4.78, 5) is 0. The number of fused-ring (bicyclic) bond motifs is 1. The van der Waals surface area contributed by atoms with Crippen LogP contribution in [0.2, 0.25) is 0 Å². The normalized spacial score (nSPS) is 10.7. The van der Waals surface area contributed by atoms with Gasteiger partial charge in [0.15, 0.2) is 0 Å². The van der Waals surface area contributed by atoms with E-state index in [1.807, 2.05) is 0 Å². The number of hydrogen-bond donors (Lipinski definition) is 0. The van der Waals surface area contributed by atoms with Gasteiger partial charge < -0.3 is 0 Å². The molecule has 0 aliphatic heterocycles. The van der Waals surface area contributed by atoms with Crippen LogP contribution in [0, 0.1) is 0 Å². The van der Waals surface area contributed by atoms with Gasteiger partial charge in [0.25, 0.3) is 0 Å². The Hall–Kier alpha value is -1.27. The molecule has 0 aromatic heterocycles. The maximum absolute atomic E-state index is 4.93. The van der Waals surface area contributed by atoms with Crippen LogP contribution >= 0.6 is 17.0 Å². The van der Waals surface area contributed by atoms with E-state index in [-0.39, 0.29) is 0 Å². The molecule has 0 bridgehead atoms. The summed E-state index contributed by atoms with van der Waals surface area (Å²) in [6.45, 7) is 6.82. The van der Waals surface area contributed by atoms with Crippen LogP contribution in [0.3, 0.4) is 0 Å². The molecule has 4 aromatic carbocycles. The number of aryl methyl sites for hydroxylation is 1. The first-order valence-corrected chi connectivity index (χ1v) is 16.8. The Labute approximate surface area is 199 Å². The Morgan fingerprint density at radius 2 is 1.50 bits per heavy atom. The van der Waals surface area contributed by atoms with Crippen LogP contribution in [0.15, 0.2) is 78.9 Å². The van der Waals surface area contributed by atoms with E-state index >= 15 is 0 Å². The van der Waals surface area contributed by atoms with Crippen molar-refractivity contribution >= 4 is 27.8 Å². The molecular weight excluding hydrogens is 486 g/mol. The quantitative estimate of drug-likeness (QED) is 0.233. The predicted octanol–water partition coefficient (Wildman–Crippen LogP) is 9.35. The zero-order valence-electron chi connectivity index (χ0n) is 17.8. The maximum atomic E-state index is 4.93. The molecule has 0 unspecified atom stereocenters. The first kappa shape index (κ1) is 23.4. The zero-order chi connectivity index (χ0) is 21.5. The number of benzene rings is 3. The van der Waals surface area contributed by atoms with E-state index in [1.165, 1.54) is 44.2 Å². The molecular formula is C27H27Cl2Zr-. The van der Waals surface area contributed by atoms with Gasteiger partial charge in [0.1, 0.15) is 0 Å². The third-order valence-corrected chi connectivity index (χ3v) is 5.47. The van der Waals surface area contributed by atoms with Crippen LogP contribution in [-0.4, -0.2) is 0 Å². The number of rotatable bonds is 5. The van der Waals surface area contributed by atoms with Crippen LogP contribution in [-0.2, 0) is 27.3 Å². The van der Waals surface area contributed by atoms with E-state index in [1.54, 1.807) is 0 Å². The van der Waals surface area contributed by atoms with E-state index in [0.29, 0.717) is 5.92 Å². The van der Waals surface area contributed by atoms with Crippen molar-refractivity contribution in [1.82, 2.24) is 0 Å². The monoisotopic (exact) mass is 511 g/mol. The third-order valence-electron chi connectivity index (χ3n) is 5.47. The topological polar surface area (TPSA) is 0 Å². The first-order valence-electron chi connectivity index (χ1n) is 10.4. The molecule has 0 spiro atoms. The van der Waals surface area contributed by atoms with Gasteiger partial charge in [-0.3, -0.25) is 0 Å². The molecule has 0 atom stereocenters. The Kier molecular flexibility index (Phi) is 8.88. The van der Waals surface area contributed by atoms with Gasteiger partial charge in [0, 0.05) is 0 Å². The van der Waals surface area contributed by atoms with Crippen molar-refractivity contribution in [3.63, 3.8) is 0 Å². The SMILES string of the molecule is CCCc1ccc2[cH-]c(C(C)C)cc2c1-c1ccccc1-c1ccccc1.[Cl][Zr][Cl]. The summed E-state index contributed by atoms with van der Waals surface area (Å²) < 4.78 is 0. The number of hydrogen-bond acceptors (Lipinski definition) is 0. The third kappa shape index (κ3) is 5.31. The molecule has 0 aliphatic rings. The fraction of sp³-hybridized carbons (Fsp3) is 0.222. The van der Waals surface area contributed by atoms with Crippen molar-refractivity contribution in [2.24, 2.45) is 0 Å². The minimum absolute atomic E-state index is 0.546. The zero-order valence-corrected chi connectivity index (χ0v) is 21.7. The Bertz CT molecular complexity index is 1080. The summed E-state index contributed by atoms with van der Waals surface area (Å²) in [5, 5.41) is 2.75. The molecule has 0 saturated heterocycles. The molecule has 30 heavy (non-hydrogen) atoms. The van der Waals surface area contributed by atoms with Gasteiger partial charge in [-0.15, -0.1) is 34.5 Å². The van der Waals surface area contributed by atoms with Crippen LogP contribution in [0.1, 0.15) is 44.2 Å². The summed E-state index contributed by atoms with van der Waals surface area (Å²) in [7, 11) is 9.87. The molecule has 4 aromatic rings. The molecule has 4 rings (SSSR count). The molecule has 0 amide bonds. The fourth-order valence-corrected chi connectivity index (χ4v) is 4.05. The Balaban J connectivity index is 0.000000806. The van der Waals surface area contributed by atoms with Gasteiger partial charge in [-0.05, 0) is 29.0 Å². The van der Waals surface area contributed by atoms with E-state index in [9.17, 15) is 0 Å². The second-order valence-corrected chi connectivity index (χ2v) is 11.5. The summed E-state index contributed by atoms with van der Waals surface area (Å²) in [6, 6.07) is 29.0. The molecule has 0 saturated carbocycles. The minimum atomic E-state index is -0.826. The van der Waals surface area contributed by atoms with Gasteiger partial charge in [-0.1, -0.05) is 92.9 Å². The van der Waals surface area contributed by atoms with Crippen LogP contribution < -0.4 is 0 Å². The molecule has 0 aliphatic carbocycles. The second kappa shape index (κ2) is 11.4. The molecule has 0 heterocycles. The first-order chi connectivity index (χ1) is 14.6. The van der Waals surface area contributed by atoms with Crippen LogP contribution in [0.4, 0.5) is 0 Å². The van der Waals surface area contributed by atoms with Crippen LogP contribution in [0.5, 0.6) is 0 Å². The molecule has 0 radical (unpaired) electrons. The van der Waals surface area contributed by atoms with Gasteiger partial charge in [-0.25, -0.2) is 0 Å². The Morgan fingerprint density at radius 1 is 0.867 bits per heavy atom. The van der Waals surface area contributed by atoms with Gasteiger partial charge in [0.2, 0.25) is 0 Å². The fourth-order valence-electron chi connectivity index (χ4n) is 4.05. The standard InChI is InChI=1S/C27H27.2ClH.Zr/c1-4-10-21-15-16-22-17-23(19(2)3)18-26(22)27(21)25-14-9-8-13-24(25)20-11-6-5-7-12-20;;;/h5-9,11-19H,4,10H2,1-3H3;2*1H;/q-1;;;+2/p-2. The summed E-state index contributed by atoms with van der Waals surface area (Å²) in [5.74, 6) is 0.546. The van der Waals surface area contributed by atoms with Gasteiger partial charge in [-0.2, -0.15) is 6.07 Å². The predicted molar refractivity (Wildman–Crippen MR) is 130 cm³/mol. The van der Waals surface area contributed by atoms with E-state index in [2.05, 4.69) is 99.6 Å². The van der Waals surface area contributed by atoms with Gasteiger partial charge >= 0.3 is 37.9 Å². The van der Waals surface area contributed by atoms with E-state index < -0.39 is 20.8 Å². The summed E-state index contributed by atoms with van der Waals surface area (Å²) >= 11 is -0.826. The van der Waals surface area contributed by atoms with Gasteiger partial charge in [0.05, 0.1) is 0 Å². The Morgan fingerprint density at radius 3 is 2.13 bits per heavy atom. The van der Waals surface area contributed by atoms with Crippen molar-refractivity contribution in [3.05, 3.63) is 90.0 Å². The number of halogens is 2. The molecule has 0 N–H and O–H groups in total. The molecule has 3 heteroatoms. The summed E-state index contributed by atoms with van der Waals surface area (Å²) in [6.07, 6.45) is 2.26. The molecule has 0 nitrogen and oxygen atoms in total. The van der Waals surface area contributed by atoms with Crippen molar-refractivity contribution in [3.8, 4) is 22.3 Å². The van der Waals surface area contributed by atoms with Crippen molar-refractivity contribution in [2.75, 3.05) is 0 Å². The van der Waals surface area contributed by atoms with Crippen molar-refractivity contribution in [2.45, 2.75) is 39.5 Å². The molecule has 154 valence electrons. The average molecular weight is 514 g/mol. The summed E-state index contributed by atoms with van der Waals surface area (Å²) in [5.41, 5.74) is 8.24. The van der Waals surface area contributed by atoms with Crippen molar-refractivity contribution < 1.29 is 20.8 Å². The molecule has 0 fully saturated rings. The van der Waals surface area contributed by atoms with E-state index in [0.717, 1.165) is 12.8 Å². The second-order valence-electron chi connectivity index (χ2n) is 7.78.